The Morgan fingerprint density at radius 1 is 1.29 bits per heavy atom. The number of aromatic nitrogens is 2. The van der Waals surface area contributed by atoms with E-state index in [9.17, 15) is 9.59 Å². The number of methoxy groups -OCH3 is 1. The predicted molar refractivity (Wildman–Crippen MR) is 109 cm³/mol. The molecule has 3 rings (SSSR count). The molecule has 28 heavy (non-hydrogen) atoms. The van der Waals surface area contributed by atoms with E-state index in [1.165, 1.54) is 18.7 Å². The monoisotopic (exact) mass is 399 g/mol. The van der Waals surface area contributed by atoms with Gasteiger partial charge in [0.15, 0.2) is 5.78 Å². The number of thioether (sulfide) groups is 1. The van der Waals surface area contributed by atoms with E-state index >= 15 is 0 Å². The number of ketones is 1. The summed E-state index contributed by atoms with van der Waals surface area (Å²) < 4.78 is 5.36. The average Bonchev–Trinajstić information content (AvgIpc) is 3.50. The minimum absolute atomic E-state index is 0.0786. The fourth-order valence-electron chi connectivity index (χ4n) is 3.12. The molecule has 1 fully saturated rings. The standard InChI is InChI=1S/C21H25N3O3S/c1-12(16-7-5-6-8-17(16)27-4)22-18(26)11-28-21-19(14(3)25)13(2)23-20(24-21)15-9-10-15/h5-8,12,15H,9-11H2,1-4H3,(H,22,26)/t12-/m0/s1. The van der Waals surface area contributed by atoms with Crippen LogP contribution in [0.2, 0.25) is 0 Å². The van der Waals surface area contributed by atoms with Crippen LogP contribution in [0.5, 0.6) is 5.75 Å². The Hall–Kier alpha value is -2.41. The van der Waals surface area contributed by atoms with Gasteiger partial charge in [-0.25, -0.2) is 9.97 Å². The van der Waals surface area contributed by atoms with Gasteiger partial charge >= 0.3 is 0 Å². The van der Waals surface area contributed by atoms with E-state index in [2.05, 4.69) is 15.3 Å². The van der Waals surface area contributed by atoms with Gasteiger partial charge in [-0.1, -0.05) is 30.0 Å². The maximum atomic E-state index is 12.5. The van der Waals surface area contributed by atoms with Gasteiger partial charge in [-0.3, -0.25) is 9.59 Å². The summed E-state index contributed by atoms with van der Waals surface area (Å²) in [5.41, 5.74) is 2.12. The Kier molecular flexibility index (Phi) is 6.34. The van der Waals surface area contributed by atoms with Crippen molar-refractivity contribution < 1.29 is 14.3 Å². The molecule has 1 amide bonds. The maximum Gasteiger partial charge on any atom is 0.230 e. The SMILES string of the molecule is COc1ccccc1[C@H](C)NC(=O)CSc1nc(C2CC2)nc(C)c1C(C)=O. The zero-order valence-corrected chi connectivity index (χ0v) is 17.4. The second-order valence-corrected chi connectivity index (χ2v) is 7.96. The Morgan fingerprint density at radius 2 is 2.00 bits per heavy atom. The first-order valence-electron chi connectivity index (χ1n) is 9.35. The highest BCUT2D eigenvalue weighted by atomic mass is 32.2. The van der Waals surface area contributed by atoms with Crippen molar-refractivity contribution in [2.24, 2.45) is 0 Å². The van der Waals surface area contributed by atoms with Crippen LogP contribution in [0.15, 0.2) is 29.3 Å². The van der Waals surface area contributed by atoms with E-state index in [0.29, 0.717) is 22.2 Å². The van der Waals surface area contributed by atoms with Crippen molar-refractivity contribution in [1.82, 2.24) is 15.3 Å². The third kappa shape index (κ3) is 4.70. The Morgan fingerprint density at radius 3 is 2.64 bits per heavy atom. The summed E-state index contributed by atoms with van der Waals surface area (Å²) in [6, 6.07) is 7.42. The van der Waals surface area contributed by atoms with Gasteiger partial charge < -0.3 is 10.1 Å². The summed E-state index contributed by atoms with van der Waals surface area (Å²) in [5.74, 6) is 1.89. The minimum atomic E-state index is -0.189. The fraction of sp³-hybridized carbons (Fsp3) is 0.429. The van der Waals surface area contributed by atoms with Gasteiger partial charge in [0, 0.05) is 11.5 Å². The molecular weight excluding hydrogens is 374 g/mol. The second kappa shape index (κ2) is 8.73. The van der Waals surface area contributed by atoms with E-state index in [1.54, 1.807) is 7.11 Å². The van der Waals surface area contributed by atoms with Crippen LogP contribution >= 0.6 is 11.8 Å². The summed E-state index contributed by atoms with van der Waals surface area (Å²) in [6.45, 7) is 5.26. The molecule has 1 aliphatic carbocycles. The Bertz CT molecular complexity index is 896. The topological polar surface area (TPSA) is 81.2 Å². The first-order chi connectivity index (χ1) is 13.4. The van der Waals surface area contributed by atoms with E-state index in [1.807, 2.05) is 38.1 Å². The summed E-state index contributed by atoms with van der Waals surface area (Å²) in [7, 11) is 1.61. The molecule has 0 spiro atoms. The third-order valence-electron chi connectivity index (χ3n) is 4.69. The highest BCUT2D eigenvalue weighted by Gasteiger charge is 2.29. The van der Waals surface area contributed by atoms with Crippen LogP contribution in [-0.4, -0.2) is 34.5 Å². The normalized spacial score (nSPS) is 14.4. The van der Waals surface area contributed by atoms with Gasteiger partial charge in [0.05, 0.1) is 30.2 Å². The van der Waals surface area contributed by atoms with E-state index in [4.69, 9.17) is 4.74 Å². The number of amides is 1. The molecule has 0 radical (unpaired) electrons. The van der Waals surface area contributed by atoms with Gasteiger partial charge in [-0.15, -0.1) is 0 Å². The van der Waals surface area contributed by atoms with Gasteiger partial charge in [0.25, 0.3) is 0 Å². The lowest BCUT2D eigenvalue weighted by Gasteiger charge is -2.17. The number of hydrogen-bond acceptors (Lipinski definition) is 6. The molecule has 1 N–H and O–H groups in total. The van der Waals surface area contributed by atoms with Crippen molar-refractivity contribution in [3.05, 3.63) is 46.9 Å². The van der Waals surface area contributed by atoms with E-state index < -0.39 is 0 Å². The molecule has 1 aliphatic rings. The van der Waals surface area contributed by atoms with Gasteiger partial charge in [-0.05, 0) is 39.7 Å². The molecule has 1 saturated carbocycles. The Labute approximate surface area is 169 Å². The van der Waals surface area contributed by atoms with Crippen LogP contribution in [0.1, 0.15) is 66.1 Å². The molecular formula is C21H25N3O3S. The molecule has 0 unspecified atom stereocenters. The lowest BCUT2D eigenvalue weighted by Crippen LogP contribution is -2.28. The summed E-state index contributed by atoms with van der Waals surface area (Å²) >= 11 is 1.29. The highest BCUT2D eigenvalue weighted by molar-refractivity contribution is 8.00. The van der Waals surface area contributed by atoms with Crippen molar-refractivity contribution in [2.75, 3.05) is 12.9 Å². The van der Waals surface area contributed by atoms with Crippen LogP contribution in [0.3, 0.4) is 0 Å². The number of aryl methyl sites for hydroxylation is 1. The van der Waals surface area contributed by atoms with Gasteiger partial charge in [0.2, 0.25) is 5.91 Å². The molecule has 1 atom stereocenters. The van der Waals surface area contributed by atoms with Crippen LogP contribution < -0.4 is 10.1 Å². The Balaban J connectivity index is 1.69. The molecule has 6 nitrogen and oxygen atoms in total. The smallest absolute Gasteiger partial charge is 0.230 e. The van der Waals surface area contributed by atoms with Crippen LogP contribution in [-0.2, 0) is 4.79 Å². The molecule has 1 heterocycles. The lowest BCUT2D eigenvalue weighted by atomic mass is 10.1. The van der Waals surface area contributed by atoms with Crippen LogP contribution in [0.4, 0.5) is 0 Å². The fourth-order valence-corrected chi connectivity index (χ4v) is 4.07. The number of carbonyl (C=O) groups is 2. The van der Waals surface area contributed by atoms with Crippen LogP contribution in [0.25, 0.3) is 0 Å². The van der Waals surface area contributed by atoms with Crippen molar-refractivity contribution in [3.63, 3.8) is 0 Å². The largest absolute Gasteiger partial charge is 0.496 e. The quantitative estimate of drug-likeness (QED) is 0.413. The van der Waals surface area contributed by atoms with E-state index in [-0.39, 0.29) is 23.5 Å². The minimum Gasteiger partial charge on any atom is -0.496 e. The number of ether oxygens (including phenoxy) is 1. The highest BCUT2D eigenvalue weighted by Crippen LogP contribution is 2.39. The predicted octanol–water partition coefficient (Wildman–Crippen LogP) is 3.84. The average molecular weight is 400 g/mol. The number of carbonyl (C=O) groups excluding carboxylic acids is 2. The molecule has 0 bridgehead atoms. The number of para-hydroxylation sites is 1. The van der Waals surface area contributed by atoms with E-state index in [0.717, 1.165) is 30.0 Å². The molecule has 0 aliphatic heterocycles. The molecule has 148 valence electrons. The molecule has 1 aromatic heterocycles. The van der Waals surface area contributed by atoms with Crippen molar-refractivity contribution in [3.8, 4) is 5.75 Å². The number of benzene rings is 1. The maximum absolute atomic E-state index is 12.5. The molecule has 7 heteroatoms. The van der Waals surface area contributed by atoms with Crippen molar-refractivity contribution in [1.29, 1.82) is 0 Å². The molecule has 1 aromatic carbocycles. The van der Waals surface area contributed by atoms with Crippen molar-refractivity contribution >= 4 is 23.5 Å². The van der Waals surface area contributed by atoms with Crippen LogP contribution in [0, 0.1) is 6.92 Å². The second-order valence-electron chi connectivity index (χ2n) is 7.00. The number of hydrogen-bond donors (Lipinski definition) is 1. The number of Topliss-reactive ketones (excluding diaryl/α,β-unsaturated/α-hetero) is 1. The number of rotatable bonds is 8. The van der Waals surface area contributed by atoms with Gasteiger partial charge in [0.1, 0.15) is 16.6 Å². The number of nitrogens with zero attached hydrogens (tertiary/aromatic N) is 2. The summed E-state index contributed by atoms with van der Waals surface area (Å²) in [5, 5.41) is 3.59. The third-order valence-corrected chi connectivity index (χ3v) is 5.67. The van der Waals surface area contributed by atoms with Gasteiger partial charge in [-0.2, -0.15) is 0 Å². The summed E-state index contributed by atoms with van der Waals surface area (Å²) in [6.07, 6.45) is 2.17. The first kappa shape index (κ1) is 20.3. The first-order valence-corrected chi connectivity index (χ1v) is 10.3. The zero-order chi connectivity index (χ0) is 20.3. The molecule has 0 saturated heterocycles. The summed E-state index contributed by atoms with van der Waals surface area (Å²) in [4.78, 5) is 33.6. The van der Waals surface area contributed by atoms with Crippen molar-refractivity contribution in [2.45, 2.75) is 50.6 Å². The molecule has 2 aromatic rings. The zero-order valence-electron chi connectivity index (χ0n) is 16.6. The number of nitrogens with one attached hydrogen (secondary N) is 1. The lowest BCUT2D eigenvalue weighted by molar-refractivity contribution is -0.119.